The SMILES string of the molecule is CCNC(C)c1ccccc1-c1ccc(F)c(C)c1. The first-order valence-electron chi connectivity index (χ1n) is 6.72. The molecule has 1 atom stereocenters. The van der Waals surface area contributed by atoms with Gasteiger partial charge in [-0.05, 0) is 54.8 Å². The summed E-state index contributed by atoms with van der Waals surface area (Å²) in [5.74, 6) is -0.152. The predicted octanol–water partition coefficient (Wildman–Crippen LogP) is 4.47. The third kappa shape index (κ3) is 3.02. The molecule has 0 aliphatic carbocycles. The van der Waals surface area contributed by atoms with E-state index in [2.05, 4.69) is 31.3 Å². The Morgan fingerprint density at radius 3 is 2.58 bits per heavy atom. The Kier molecular flexibility index (Phi) is 4.33. The molecular formula is C17H20FN. The molecule has 0 saturated heterocycles. The summed E-state index contributed by atoms with van der Waals surface area (Å²) in [5, 5.41) is 3.42. The molecule has 0 aliphatic heterocycles. The molecular weight excluding hydrogens is 237 g/mol. The van der Waals surface area contributed by atoms with Crippen LogP contribution in [0.3, 0.4) is 0 Å². The molecule has 0 fully saturated rings. The van der Waals surface area contributed by atoms with Crippen LogP contribution >= 0.6 is 0 Å². The van der Waals surface area contributed by atoms with Crippen molar-refractivity contribution in [3.63, 3.8) is 0 Å². The van der Waals surface area contributed by atoms with Gasteiger partial charge in [0, 0.05) is 6.04 Å². The summed E-state index contributed by atoms with van der Waals surface area (Å²) in [6.07, 6.45) is 0. The number of hydrogen-bond donors (Lipinski definition) is 1. The molecule has 0 radical (unpaired) electrons. The van der Waals surface area contributed by atoms with E-state index in [-0.39, 0.29) is 11.9 Å². The highest BCUT2D eigenvalue weighted by atomic mass is 19.1. The lowest BCUT2D eigenvalue weighted by Crippen LogP contribution is -2.18. The Hall–Kier alpha value is -1.67. The van der Waals surface area contributed by atoms with Gasteiger partial charge in [-0.25, -0.2) is 4.39 Å². The summed E-state index contributed by atoms with van der Waals surface area (Å²) in [7, 11) is 0. The molecule has 0 heterocycles. The van der Waals surface area contributed by atoms with Crippen LogP contribution in [-0.2, 0) is 0 Å². The zero-order valence-electron chi connectivity index (χ0n) is 11.7. The van der Waals surface area contributed by atoms with Crippen molar-refractivity contribution in [2.75, 3.05) is 6.54 Å². The maximum atomic E-state index is 13.4. The molecule has 1 unspecified atom stereocenters. The van der Waals surface area contributed by atoms with E-state index in [4.69, 9.17) is 0 Å². The quantitative estimate of drug-likeness (QED) is 0.852. The fourth-order valence-electron chi connectivity index (χ4n) is 2.37. The van der Waals surface area contributed by atoms with Crippen molar-refractivity contribution in [3.05, 3.63) is 59.4 Å². The first-order valence-corrected chi connectivity index (χ1v) is 6.72. The van der Waals surface area contributed by atoms with Crippen LogP contribution < -0.4 is 5.32 Å². The van der Waals surface area contributed by atoms with E-state index >= 15 is 0 Å². The number of benzene rings is 2. The first-order chi connectivity index (χ1) is 9.13. The number of nitrogens with one attached hydrogen (secondary N) is 1. The van der Waals surface area contributed by atoms with Crippen molar-refractivity contribution in [1.29, 1.82) is 0 Å². The summed E-state index contributed by atoms with van der Waals surface area (Å²) >= 11 is 0. The van der Waals surface area contributed by atoms with Gasteiger partial charge >= 0.3 is 0 Å². The molecule has 0 bridgehead atoms. The zero-order valence-corrected chi connectivity index (χ0v) is 11.7. The van der Waals surface area contributed by atoms with E-state index in [0.717, 1.165) is 12.1 Å². The van der Waals surface area contributed by atoms with Crippen molar-refractivity contribution in [3.8, 4) is 11.1 Å². The number of hydrogen-bond acceptors (Lipinski definition) is 1. The third-order valence-corrected chi connectivity index (χ3v) is 3.41. The second-order valence-corrected chi connectivity index (χ2v) is 4.83. The lowest BCUT2D eigenvalue weighted by molar-refractivity contribution is 0.599. The van der Waals surface area contributed by atoms with E-state index < -0.39 is 0 Å². The molecule has 2 aromatic carbocycles. The van der Waals surface area contributed by atoms with Gasteiger partial charge in [0.1, 0.15) is 5.82 Å². The average Bonchev–Trinajstić information content (AvgIpc) is 2.42. The Morgan fingerprint density at radius 1 is 1.16 bits per heavy atom. The molecule has 0 aromatic heterocycles. The lowest BCUT2D eigenvalue weighted by atomic mass is 9.94. The molecule has 19 heavy (non-hydrogen) atoms. The highest BCUT2D eigenvalue weighted by molar-refractivity contribution is 5.68. The smallest absolute Gasteiger partial charge is 0.126 e. The molecule has 1 N–H and O–H groups in total. The molecule has 2 heteroatoms. The second kappa shape index (κ2) is 5.98. The molecule has 100 valence electrons. The van der Waals surface area contributed by atoms with Crippen LogP contribution in [0.4, 0.5) is 4.39 Å². The van der Waals surface area contributed by atoms with Gasteiger partial charge in [-0.15, -0.1) is 0 Å². The van der Waals surface area contributed by atoms with Gasteiger partial charge < -0.3 is 5.32 Å². The van der Waals surface area contributed by atoms with E-state index in [0.29, 0.717) is 5.56 Å². The van der Waals surface area contributed by atoms with Crippen LogP contribution in [0.2, 0.25) is 0 Å². The molecule has 0 saturated carbocycles. The van der Waals surface area contributed by atoms with Gasteiger partial charge in [-0.2, -0.15) is 0 Å². The van der Waals surface area contributed by atoms with Gasteiger partial charge in [-0.3, -0.25) is 0 Å². The van der Waals surface area contributed by atoms with E-state index in [1.165, 1.54) is 11.1 Å². The Bertz CT molecular complexity index is 563. The van der Waals surface area contributed by atoms with Crippen LogP contribution in [0.5, 0.6) is 0 Å². The minimum Gasteiger partial charge on any atom is -0.310 e. The Morgan fingerprint density at radius 2 is 1.89 bits per heavy atom. The summed E-state index contributed by atoms with van der Waals surface area (Å²) in [6.45, 7) is 6.98. The third-order valence-electron chi connectivity index (χ3n) is 3.41. The van der Waals surface area contributed by atoms with E-state index in [1.807, 2.05) is 24.3 Å². The Balaban J connectivity index is 2.46. The van der Waals surface area contributed by atoms with Crippen LogP contribution in [0.25, 0.3) is 11.1 Å². The predicted molar refractivity (Wildman–Crippen MR) is 78.7 cm³/mol. The Labute approximate surface area is 114 Å². The fraction of sp³-hybridized carbons (Fsp3) is 0.294. The van der Waals surface area contributed by atoms with Crippen molar-refractivity contribution >= 4 is 0 Å². The van der Waals surface area contributed by atoms with Gasteiger partial charge in [-0.1, -0.05) is 37.3 Å². The van der Waals surface area contributed by atoms with Crippen LogP contribution in [0, 0.1) is 12.7 Å². The number of rotatable bonds is 4. The standard InChI is InChI=1S/C17H20FN/c1-4-19-13(3)15-7-5-6-8-16(15)14-9-10-17(18)12(2)11-14/h5-11,13,19H,4H2,1-3H3. The maximum Gasteiger partial charge on any atom is 0.126 e. The van der Waals surface area contributed by atoms with Crippen molar-refractivity contribution in [1.82, 2.24) is 5.32 Å². The normalized spacial score (nSPS) is 12.4. The topological polar surface area (TPSA) is 12.0 Å². The van der Waals surface area contributed by atoms with Crippen LogP contribution in [0.1, 0.15) is 31.0 Å². The average molecular weight is 257 g/mol. The molecule has 0 amide bonds. The summed E-state index contributed by atoms with van der Waals surface area (Å²) < 4.78 is 13.4. The van der Waals surface area contributed by atoms with E-state index in [9.17, 15) is 4.39 Å². The highest BCUT2D eigenvalue weighted by Crippen LogP contribution is 2.29. The van der Waals surface area contributed by atoms with Gasteiger partial charge in [0.2, 0.25) is 0 Å². The van der Waals surface area contributed by atoms with Gasteiger partial charge in [0.15, 0.2) is 0 Å². The van der Waals surface area contributed by atoms with Crippen molar-refractivity contribution < 1.29 is 4.39 Å². The summed E-state index contributed by atoms with van der Waals surface area (Å²) in [5.41, 5.74) is 4.16. The fourth-order valence-corrected chi connectivity index (χ4v) is 2.37. The maximum absolute atomic E-state index is 13.4. The molecule has 0 spiro atoms. The summed E-state index contributed by atoms with van der Waals surface area (Å²) in [6, 6.07) is 13.9. The van der Waals surface area contributed by atoms with Crippen LogP contribution in [0.15, 0.2) is 42.5 Å². The molecule has 2 aromatic rings. The van der Waals surface area contributed by atoms with Crippen molar-refractivity contribution in [2.24, 2.45) is 0 Å². The highest BCUT2D eigenvalue weighted by Gasteiger charge is 2.11. The monoisotopic (exact) mass is 257 g/mol. The number of aryl methyl sites for hydroxylation is 1. The lowest BCUT2D eigenvalue weighted by Gasteiger charge is -2.17. The van der Waals surface area contributed by atoms with E-state index in [1.54, 1.807) is 13.0 Å². The minimum absolute atomic E-state index is 0.152. The van der Waals surface area contributed by atoms with Gasteiger partial charge in [0.05, 0.1) is 0 Å². The minimum atomic E-state index is -0.152. The first kappa shape index (κ1) is 13.8. The molecule has 0 aliphatic rings. The van der Waals surface area contributed by atoms with Gasteiger partial charge in [0.25, 0.3) is 0 Å². The molecule has 1 nitrogen and oxygen atoms in total. The largest absolute Gasteiger partial charge is 0.310 e. The molecule has 2 rings (SSSR count). The number of halogens is 1. The van der Waals surface area contributed by atoms with Crippen LogP contribution in [-0.4, -0.2) is 6.54 Å². The van der Waals surface area contributed by atoms with Crippen molar-refractivity contribution in [2.45, 2.75) is 26.8 Å². The second-order valence-electron chi connectivity index (χ2n) is 4.83. The summed E-state index contributed by atoms with van der Waals surface area (Å²) in [4.78, 5) is 0. The zero-order chi connectivity index (χ0) is 13.8.